The quantitative estimate of drug-likeness (QED) is 0.620. The largest absolute Gasteiger partial charge is 0.484 e. The molecule has 0 aromatic heterocycles. The van der Waals surface area contributed by atoms with E-state index in [4.69, 9.17) is 4.74 Å². The van der Waals surface area contributed by atoms with Gasteiger partial charge in [0.1, 0.15) is 5.75 Å². The molecule has 2 amide bonds. The highest BCUT2D eigenvalue weighted by atomic mass is 35.5. The van der Waals surface area contributed by atoms with Gasteiger partial charge < -0.3 is 20.7 Å². The molecule has 2 rings (SSSR count). The Morgan fingerprint density at radius 1 is 1.20 bits per heavy atom. The maximum atomic E-state index is 12.0. The third-order valence-corrected chi connectivity index (χ3v) is 4.01. The summed E-state index contributed by atoms with van der Waals surface area (Å²) in [6.45, 7) is 4.52. The molecule has 25 heavy (non-hydrogen) atoms. The second kappa shape index (κ2) is 10.3. The summed E-state index contributed by atoms with van der Waals surface area (Å²) in [6.07, 6.45) is 2.13. The molecule has 0 spiro atoms. The van der Waals surface area contributed by atoms with Crippen LogP contribution in [0.5, 0.6) is 5.75 Å². The summed E-state index contributed by atoms with van der Waals surface area (Å²) in [5.41, 5.74) is 0.995. The average Bonchev–Trinajstić information content (AvgIpc) is 3.37. The van der Waals surface area contributed by atoms with Crippen molar-refractivity contribution >= 4 is 24.2 Å². The first-order valence-corrected chi connectivity index (χ1v) is 8.46. The van der Waals surface area contributed by atoms with Crippen LogP contribution < -0.4 is 20.7 Å². The number of halogens is 1. The van der Waals surface area contributed by atoms with Crippen molar-refractivity contribution < 1.29 is 14.3 Å². The second-order valence-corrected chi connectivity index (χ2v) is 6.39. The Balaban J connectivity index is 0.00000312. The van der Waals surface area contributed by atoms with E-state index >= 15 is 0 Å². The molecule has 2 unspecified atom stereocenters. The highest BCUT2D eigenvalue weighted by Gasteiger charge is 2.23. The van der Waals surface area contributed by atoms with E-state index in [1.165, 1.54) is 0 Å². The van der Waals surface area contributed by atoms with Crippen molar-refractivity contribution in [2.24, 2.45) is 5.92 Å². The standard InChI is InChI=1S/C18H27N3O3.ClH/c1-12(10-19-3)18(23)20-13(2)14-4-8-16(9-5-14)24-11-17(22)21-15-6-7-15;/h4-5,8-9,12-13,15,19H,6-7,10-11H2,1-3H3,(H,20,23)(H,21,22);1H. The number of benzene rings is 1. The van der Waals surface area contributed by atoms with Gasteiger partial charge in [0, 0.05) is 18.5 Å². The molecule has 0 aliphatic heterocycles. The van der Waals surface area contributed by atoms with Gasteiger partial charge in [-0.15, -0.1) is 12.4 Å². The molecule has 0 saturated heterocycles. The van der Waals surface area contributed by atoms with Gasteiger partial charge in [0.25, 0.3) is 5.91 Å². The van der Waals surface area contributed by atoms with Crippen LogP contribution in [0.2, 0.25) is 0 Å². The van der Waals surface area contributed by atoms with Crippen molar-refractivity contribution in [3.05, 3.63) is 29.8 Å². The first-order chi connectivity index (χ1) is 11.5. The molecule has 1 saturated carbocycles. The van der Waals surface area contributed by atoms with Crippen LogP contribution in [0.4, 0.5) is 0 Å². The number of amides is 2. The van der Waals surface area contributed by atoms with Crippen molar-refractivity contribution in [1.82, 2.24) is 16.0 Å². The highest BCUT2D eigenvalue weighted by Crippen LogP contribution is 2.19. The number of carbonyl (C=O) groups excluding carboxylic acids is 2. The molecule has 1 aliphatic rings. The van der Waals surface area contributed by atoms with Gasteiger partial charge >= 0.3 is 0 Å². The van der Waals surface area contributed by atoms with E-state index in [0.717, 1.165) is 18.4 Å². The van der Waals surface area contributed by atoms with Gasteiger partial charge in [0.05, 0.1) is 6.04 Å². The predicted octanol–water partition coefficient (Wildman–Crippen LogP) is 1.80. The number of carbonyl (C=O) groups is 2. The Hall–Kier alpha value is -1.79. The predicted molar refractivity (Wildman–Crippen MR) is 100.0 cm³/mol. The molecule has 3 N–H and O–H groups in total. The second-order valence-electron chi connectivity index (χ2n) is 6.39. The summed E-state index contributed by atoms with van der Waals surface area (Å²) in [6, 6.07) is 7.71. The van der Waals surface area contributed by atoms with Crippen LogP contribution in [-0.2, 0) is 9.59 Å². The molecule has 0 radical (unpaired) electrons. The van der Waals surface area contributed by atoms with Crippen LogP contribution in [0.15, 0.2) is 24.3 Å². The lowest BCUT2D eigenvalue weighted by atomic mass is 10.1. The third-order valence-electron chi connectivity index (χ3n) is 4.01. The van der Waals surface area contributed by atoms with Crippen LogP contribution in [-0.4, -0.2) is 38.1 Å². The minimum Gasteiger partial charge on any atom is -0.484 e. The lowest BCUT2D eigenvalue weighted by molar-refractivity contribution is -0.125. The van der Waals surface area contributed by atoms with Crippen molar-refractivity contribution in [3.8, 4) is 5.75 Å². The molecular formula is C18H28ClN3O3. The van der Waals surface area contributed by atoms with E-state index in [-0.39, 0.29) is 42.8 Å². The fourth-order valence-electron chi connectivity index (χ4n) is 2.34. The first-order valence-electron chi connectivity index (χ1n) is 8.46. The zero-order valence-corrected chi connectivity index (χ0v) is 15.8. The van der Waals surface area contributed by atoms with Crippen LogP contribution >= 0.6 is 12.4 Å². The Morgan fingerprint density at radius 2 is 1.84 bits per heavy atom. The zero-order valence-electron chi connectivity index (χ0n) is 15.0. The summed E-state index contributed by atoms with van der Waals surface area (Å²) in [7, 11) is 1.83. The maximum absolute atomic E-state index is 12.0. The van der Waals surface area contributed by atoms with Gasteiger partial charge in [0.15, 0.2) is 6.61 Å². The van der Waals surface area contributed by atoms with Crippen LogP contribution in [0.25, 0.3) is 0 Å². The Kier molecular flexibility index (Phi) is 8.72. The molecule has 140 valence electrons. The fraction of sp³-hybridized carbons (Fsp3) is 0.556. The minimum absolute atomic E-state index is 0. The summed E-state index contributed by atoms with van der Waals surface area (Å²) < 4.78 is 5.47. The van der Waals surface area contributed by atoms with Crippen LogP contribution in [0.3, 0.4) is 0 Å². The van der Waals surface area contributed by atoms with Crippen molar-refractivity contribution in [1.29, 1.82) is 0 Å². The van der Waals surface area contributed by atoms with E-state index in [0.29, 0.717) is 18.3 Å². The number of rotatable bonds is 9. The highest BCUT2D eigenvalue weighted by molar-refractivity contribution is 5.85. The zero-order chi connectivity index (χ0) is 17.5. The van der Waals surface area contributed by atoms with Gasteiger partial charge in [-0.1, -0.05) is 19.1 Å². The molecule has 6 nitrogen and oxygen atoms in total. The summed E-state index contributed by atoms with van der Waals surface area (Å²) >= 11 is 0. The van der Waals surface area contributed by atoms with E-state index in [1.54, 1.807) is 0 Å². The van der Waals surface area contributed by atoms with E-state index in [2.05, 4.69) is 16.0 Å². The average molecular weight is 370 g/mol. The summed E-state index contributed by atoms with van der Waals surface area (Å²) in [4.78, 5) is 23.6. The molecule has 1 fully saturated rings. The van der Waals surface area contributed by atoms with Crippen molar-refractivity contribution in [2.45, 2.75) is 38.8 Å². The maximum Gasteiger partial charge on any atom is 0.258 e. The normalized spacial score (nSPS) is 15.5. The van der Waals surface area contributed by atoms with Crippen molar-refractivity contribution in [3.63, 3.8) is 0 Å². The summed E-state index contributed by atoms with van der Waals surface area (Å²) in [5.74, 6) is 0.506. The number of hydrogen-bond acceptors (Lipinski definition) is 4. The minimum atomic E-state index is -0.0827. The molecular weight excluding hydrogens is 342 g/mol. The van der Waals surface area contributed by atoms with Crippen molar-refractivity contribution in [2.75, 3.05) is 20.2 Å². The molecule has 2 atom stereocenters. The van der Waals surface area contributed by atoms with Gasteiger partial charge in [0.2, 0.25) is 5.91 Å². The van der Waals surface area contributed by atoms with Gasteiger partial charge in [-0.2, -0.15) is 0 Å². The van der Waals surface area contributed by atoms with Gasteiger partial charge in [-0.3, -0.25) is 9.59 Å². The number of hydrogen-bond donors (Lipinski definition) is 3. The SMILES string of the molecule is CNCC(C)C(=O)NC(C)c1ccc(OCC(=O)NC2CC2)cc1.Cl. The lowest BCUT2D eigenvalue weighted by Gasteiger charge is -2.18. The van der Waals surface area contributed by atoms with E-state index in [9.17, 15) is 9.59 Å². The van der Waals surface area contributed by atoms with Crippen LogP contribution in [0.1, 0.15) is 38.3 Å². The molecule has 1 aliphatic carbocycles. The lowest BCUT2D eigenvalue weighted by Crippen LogP contribution is -2.35. The third kappa shape index (κ3) is 7.32. The van der Waals surface area contributed by atoms with E-state index in [1.807, 2.05) is 45.2 Å². The van der Waals surface area contributed by atoms with Crippen LogP contribution in [0, 0.1) is 5.92 Å². The van der Waals surface area contributed by atoms with Gasteiger partial charge in [-0.05, 0) is 44.5 Å². The first kappa shape index (κ1) is 21.3. The molecule has 7 heteroatoms. The smallest absolute Gasteiger partial charge is 0.258 e. The summed E-state index contributed by atoms with van der Waals surface area (Å²) in [5, 5.41) is 8.87. The molecule has 0 heterocycles. The molecule has 1 aromatic rings. The Labute approximate surface area is 155 Å². The molecule has 1 aromatic carbocycles. The number of ether oxygens (including phenoxy) is 1. The topological polar surface area (TPSA) is 79.5 Å². The van der Waals surface area contributed by atoms with E-state index < -0.39 is 0 Å². The Morgan fingerprint density at radius 3 is 2.40 bits per heavy atom. The Bertz CT molecular complexity index is 561. The number of nitrogens with one attached hydrogen (secondary N) is 3. The molecule has 0 bridgehead atoms. The van der Waals surface area contributed by atoms with Gasteiger partial charge in [-0.25, -0.2) is 0 Å². The monoisotopic (exact) mass is 369 g/mol. The fourth-order valence-corrected chi connectivity index (χ4v) is 2.34.